The highest BCUT2D eigenvalue weighted by Gasteiger charge is 2.50. The van der Waals surface area contributed by atoms with Crippen LogP contribution in [0.1, 0.15) is 46.5 Å². The van der Waals surface area contributed by atoms with Crippen molar-refractivity contribution in [3.63, 3.8) is 0 Å². The molecule has 0 atom stereocenters. The maximum Gasteiger partial charge on any atom is 0.407 e. The molecule has 2 fully saturated rings. The molecule has 0 bridgehead atoms. The summed E-state index contributed by atoms with van der Waals surface area (Å²) in [5.74, 6) is 0. The van der Waals surface area contributed by atoms with Crippen LogP contribution in [-0.4, -0.2) is 43.6 Å². The zero-order valence-electron chi connectivity index (χ0n) is 13.5. The highest BCUT2D eigenvalue weighted by atomic mass is 28.4. The molecule has 0 aromatic rings. The van der Waals surface area contributed by atoms with Gasteiger partial charge in [-0.25, -0.2) is 4.79 Å². The number of amides is 1. The van der Waals surface area contributed by atoms with Gasteiger partial charge in [0.15, 0.2) is 8.32 Å². The zero-order chi connectivity index (χ0) is 15.2. The predicted molar refractivity (Wildman–Crippen MR) is 82.6 cm³/mol. The number of likely N-dealkylation sites (tertiary alicyclic amines) is 1. The van der Waals surface area contributed by atoms with E-state index in [1.807, 2.05) is 0 Å². The van der Waals surface area contributed by atoms with Gasteiger partial charge in [0.2, 0.25) is 0 Å². The Kier molecular flexibility index (Phi) is 3.97. The molecule has 116 valence electrons. The molecule has 1 N–H and O–H groups in total. The van der Waals surface area contributed by atoms with E-state index >= 15 is 0 Å². The van der Waals surface area contributed by atoms with Gasteiger partial charge in [0.1, 0.15) is 0 Å². The van der Waals surface area contributed by atoms with Crippen LogP contribution in [0.5, 0.6) is 0 Å². The molecule has 4 nitrogen and oxygen atoms in total. The van der Waals surface area contributed by atoms with Gasteiger partial charge in [0.25, 0.3) is 0 Å². The lowest BCUT2D eigenvalue weighted by Gasteiger charge is -2.54. The Balaban J connectivity index is 1.89. The third-order valence-corrected chi connectivity index (χ3v) is 10.1. The third-order valence-electron chi connectivity index (χ3n) is 5.52. The first-order valence-corrected chi connectivity index (χ1v) is 10.6. The molecule has 1 aliphatic heterocycles. The summed E-state index contributed by atoms with van der Waals surface area (Å²) in [7, 11) is -1.69. The van der Waals surface area contributed by atoms with Crippen molar-refractivity contribution in [1.82, 2.24) is 4.90 Å². The quantitative estimate of drug-likeness (QED) is 0.786. The van der Waals surface area contributed by atoms with E-state index in [1.54, 1.807) is 4.90 Å². The van der Waals surface area contributed by atoms with Crippen molar-refractivity contribution in [1.29, 1.82) is 0 Å². The Hall–Kier alpha value is -0.553. The Morgan fingerprint density at radius 2 is 1.95 bits per heavy atom. The van der Waals surface area contributed by atoms with Crippen molar-refractivity contribution in [2.24, 2.45) is 5.41 Å². The van der Waals surface area contributed by atoms with E-state index < -0.39 is 14.4 Å². The Morgan fingerprint density at radius 1 is 1.35 bits per heavy atom. The molecule has 1 heterocycles. The second-order valence-corrected chi connectivity index (χ2v) is 13.0. The summed E-state index contributed by atoms with van der Waals surface area (Å²) >= 11 is 0. The van der Waals surface area contributed by atoms with Crippen LogP contribution in [0.2, 0.25) is 18.1 Å². The number of piperidine rings is 1. The molecule has 1 saturated heterocycles. The van der Waals surface area contributed by atoms with Crippen LogP contribution >= 0.6 is 0 Å². The fourth-order valence-electron chi connectivity index (χ4n) is 3.29. The zero-order valence-corrected chi connectivity index (χ0v) is 14.5. The summed E-state index contributed by atoms with van der Waals surface area (Å²) in [5, 5.41) is 9.40. The maximum atomic E-state index is 11.1. The summed E-state index contributed by atoms with van der Waals surface area (Å²) in [4.78, 5) is 12.7. The van der Waals surface area contributed by atoms with Crippen LogP contribution in [0.4, 0.5) is 4.79 Å². The third kappa shape index (κ3) is 3.03. The van der Waals surface area contributed by atoms with Gasteiger partial charge in [0, 0.05) is 19.2 Å². The fourth-order valence-corrected chi connectivity index (χ4v) is 4.64. The van der Waals surface area contributed by atoms with Crippen LogP contribution < -0.4 is 0 Å². The molecule has 1 saturated carbocycles. The molecule has 0 aromatic heterocycles. The molecule has 1 aliphatic carbocycles. The van der Waals surface area contributed by atoms with Crippen LogP contribution in [0.3, 0.4) is 0 Å². The van der Waals surface area contributed by atoms with Gasteiger partial charge in [-0.3, -0.25) is 0 Å². The first kappa shape index (κ1) is 15.8. The minimum atomic E-state index is -1.69. The van der Waals surface area contributed by atoms with Gasteiger partial charge in [-0.1, -0.05) is 20.8 Å². The first-order valence-electron chi connectivity index (χ1n) is 7.70. The lowest BCUT2D eigenvalue weighted by molar-refractivity contribution is -0.0626. The minimum absolute atomic E-state index is 0.212. The van der Waals surface area contributed by atoms with Crippen molar-refractivity contribution in [2.45, 2.75) is 70.7 Å². The smallest absolute Gasteiger partial charge is 0.407 e. The number of nitrogens with zero attached hydrogens (tertiary/aromatic N) is 1. The molecule has 0 radical (unpaired) electrons. The largest absolute Gasteiger partial charge is 0.465 e. The van der Waals surface area contributed by atoms with Gasteiger partial charge in [-0.2, -0.15) is 0 Å². The molecule has 1 amide bonds. The maximum absolute atomic E-state index is 11.1. The minimum Gasteiger partial charge on any atom is -0.465 e. The number of hydrogen-bond acceptors (Lipinski definition) is 2. The number of rotatable bonds is 2. The molecule has 20 heavy (non-hydrogen) atoms. The molecule has 0 unspecified atom stereocenters. The van der Waals surface area contributed by atoms with Gasteiger partial charge in [-0.15, -0.1) is 0 Å². The molecular weight excluding hydrogens is 270 g/mol. The molecule has 2 rings (SSSR count). The number of carbonyl (C=O) groups is 1. The Morgan fingerprint density at radius 3 is 2.45 bits per heavy atom. The average molecular weight is 299 g/mol. The van der Waals surface area contributed by atoms with Crippen molar-refractivity contribution >= 4 is 14.4 Å². The number of hydrogen-bond donors (Lipinski definition) is 1. The van der Waals surface area contributed by atoms with E-state index in [0.717, 1.165) is 25.7 Å². The van der Waals surface area contributed by atoms with Crippen LogP contribution in [0.15, 0.2) is 0 Å². The molecule has 2 aliphatic rings. The Labute approximate surface area is 123 Å². The molecule has 1 spiro atoms. The SMILES string of the molecule is CC(C)(C)[Si](C)(C)OC1CC2(CCCN(C(=O)O)C2)C1. The lowest BCUT2D eigenvalue weighted by atomic mass is 9.62. The lowest BCUT2D eigenvalue weighted by Crippen LogP contribution is -2.57. The second-order valence-electron chi connectivity index (χ2n) is 8.22. The monoisotopic (exact) mass is 299 g/mol. The van der Waals surface area contributed by atoms with Gasteiger partial charge in [0.05, 0.1) is 0 Å². The van der Waals surface area contributed by atoms with E-state index in [1.165, 1.54) is 0 Å². The van der Waals surface area contributed by atoms with E-state index in [4.69, 9.17) is 9.53 Å². The summed E-state index contributed by atoms with van der Waals surface area (Å²) in [6.45, 7) is 12.8. The molecular formula is C15H29NO3Si. The highest BCUT2D eigenvalue weighted by molar-refractivity contribution is 6.74. The average Bonchev–Trinajstić information content (AvgIpc) is 2.25. The molecule has 0 aromatic carbocycles. The van der Waals surface area contributed by atoms with Crippen LogP contribution in [0.25, 0.3) is 0 Å². The van der Waals surface area contributed by atoms with E-state index in [9.17, 15) is 4.79 Å². The Bertz CT molecular complexity index is 383. The predicted octanol–water partition coefficient (Wildman–Crippen LogP) is 3.93. The first-order chi connectivity index (χ1) is 9.05. The van der Waals surface area contributed by atoms with E-state index in [-0.39, 0.29) is 10.5 Å². The fraction of sp³-hybridized carbons (Fsp3) is 0.933. The second kappa shape index (κ2) is 5.02. The van der Waals surface area contributed by atoms with Gasteiger partial charge in [-0.05, 0) is 49.2 Å². The van der Waals surface area contributed by atoms with Crippen LogP contribution in [-0.2, 0) is 4.43 Å². The standard InChI is InChI=1S/C15H29NO3Si/c1-14(2,3)20(4,5)19-12-9-15(10-12)7-6-8-16(11-15)13(17)18/h12H,6-11H2,1-5H3,(H,17,18). The van der Waals surface area contributed by atoms with Crippen molar-refractivity contribution in [2.75, 3.05) is 13.1 Å². The van der Waals surface area contributed by atoms with Crippen molar-refractivity contribution in [3.8, 4) is 0 Å². The summed E-state index contributed by atoms with van der Waals surface area (Å²) in [6.07, 6.45) is 3.84. The van der Waals surface area contributed by atoms with Crippen molar-refractivity contribution < 1.29 is 14.3 Å². The highest BCUT2D eigenvalue weighted by Crippen LogP contribution is 2.51. The van der Waals surface area contributed by atoms with E-state index in [2.05, 4.69) is 33.9 Å². The topological polar surface area (TPSA) is 49.8 Å². The molecule has 5 heteroatoms. The van der Waals surface area contributed by atoms with E-state index in [0.29, 0.717) is 19.2 Å². The normalized spacial score (nSPS) is 31.2. The summed E-state index contributed by atoms with van der Waals surface area (Å²) in [6, 6.07) is 0. The van der Waals surface area contributed by atoms with Crippen molar-refractivity contribution in [3.05, 3.63) is 0 Å². The van der Waals surface area contributed by atoms with Crippen LogP contribution in [0, 0.1) is 5.41 Å². The van der Waals surface area contributed by atoms with Gasteiger partial charge < -0.3 is 14.4 Å². The number of carboxylic acid groups (broad SMARTS) is 1. The summed E-state index contributed by atoms with van der Waals surface area (Å²) < 4.78 is 6.43. The summed E-state index contributed by atoms with van der Waals surface area (Å²) in [5.41, 5.74) is 0.212. The van der Waals surface area contributed by atoms with Gasteiger partial charge >= 0.3 is 6.09 Å².